The lowest BCUT2D eigenvalue weighted by Gasteiger charge is -2.14. The molecular weight excluding hydrogens is 463 g/mol. The Kier molecular flexibility index (Phi) is 6.57. The molecular formula is C27H25FN4O4. The number of halogens is 1. The third-order valence-corrected chi connectivity index (χ3v) is 6.15. The first-order chi connectivity index (χ1) is 17.1. The summed E-state index contributed by atoms with van der Waals surface area (Å²) >= 11 is 0. The molecule has 8 nitrogen and oxygen atoms in total. The zero-order valence-corrected chi connectivity index (χ0v) is 20.2. The van der Waals surface area contributed by atoms with Crippen LogP contribution < -0.4 is 10.4 Å². The molecule has 1 atom stereocenters. The van der Waals surface area contributed by atoms with Gasteiger partial charge >= 0.3 is 11.9 Å². The molecule has 1 unspecified atom stereocenters. The highest BCUT2D eigenvalue weighted by Crippen LogP contribution is 2.37. The van der Waals surface area contributed by atoms with E-state index in [0.29, 0.717) is 22.5 Å². The largest absolute Gasteiger partial charge is 0.505 e. The summed E-state index contributed by atoms with van der Waals surface area (Å²) in [5.41, 5.74) is 6.70. The van der Waals surface area contributed by atoms with Crippen LogP contribution in [0, 0.1) is 19.7 Å². The Labute approximate surface area is 207 Å². The molecule has 3 aromatic carbocycles. The van der Waals surface area contributed by atoms with Gasteiger partial charge in [-0.25, -0.2) is 4.39 Å². The second-order valence-electron chi connectivity index (χ2n) is 8.68. The fourth-order valence-electron chi connectivity index (χ4n) is 3.80. The number of hydrogen-bond donors (Lipinski definition) is 3. The van der Waals surface area contributed by atoms with Gasteiger partial charge in [0.2, 0.25) is 0 Å². The van der Waals surface area contributed by atoms with Gasteiger partial charge in [-0.3, -0.25) is 15.0 Å². The quantitative estimate of drug-likeness (QED) is 0.326. The van der Waals surface area contributed by atoms with Crippen LogP contribution in [-0.2, 0) is 9.59 Å². The molecule has 1 amide bonds. The Hall–Kier alpha value is -4.53. The van der Waals surface area contributed by atoms with Crippen molar-refractivity contribution in [1.82, 2.24) is 0 Å². The molecule has 0 saturated heterocycles. The lowest BCUT2D eigenvalue weighted by atomic mass is 9.95. The number of hydrazone groups is 2. The highest BCUT2D eigenvalue weighted by atomic mass is 19.1. The number of anilines is 2. The number of aliphatic carboxylic acids is 1. The van der Waals surface area contributed by atoms with E-state index in [1.54, 1.807) is 44.2 Å². The van der Waals surface area contributed by atoms with Crippen LogP contribution in [-0.4, -0.2) is 33.5 Å². The number of nitrogens with one attached hydrogen (secondary N) is 1. The number of aryl methyl sites for hydroxylation is 2. The van der Waals surface area contributed by atoms with Gasteiger partial charge in [0.25, 0.3) is 0 Å². The summed E-state index contributed by atoms with van der Waals surface area (Å²) in [6, 6.07) is 14.3. The molecule has 9 heteroatoms. The molecule has 36 heavy (non-hydrogen) atoms. The third kappa shape index (κ3) is 4.68. The zero-order chi connectivity index (χ0) is 26.1. The van der Waals surface area contributed by atoms with Gasteiger partial charge in [0.1, 0.15) is 17.3 Å². The van der Waals surface area contributed by atoms with Crippen molar-refractivity contribution in [3.63, 3.8) is 0 Å². The summed E-state index contributed by atoms with van der Waals surface area (Å²) in [5, 5.41) is 29.8. The monoisotopic (exact) mass is 488 g/mol. The van der Waals surface area contributed by atoms with Crippen LogP contribution in [0.5, 0.6) is 5.75 Å². The maximum atomic E-state index is 14.5. The minimum absolute atomic E-state index is 0.0238. The first kappa shape index (κ1) is 24.6. The van der Waals surface area contributed by atoms with E-state index < -0.39 is 23.6 Å². The summed E-state index contributed by atoms with van der Waals surface area (Å²) in [4.78, 5) is 24.3. The van der Waals surface area contributed by atoms with Gasteiger partial charge in [-0.1, -0.05) is 30.3 Å². The molecule has 0 aromatic heterocycles. The molecule has 0 saturated carbocycles. The second-order valence-corrected chi connectivity index (χ2v) is 8.68. The number of aromatic hydroxyl groups is 1. The van der Waals surface area contributed by atoms with E-state index in [2.05, 4.69) is 15.6 Å². The van der Waals surface area contributed by atoms with Crippen LogP contribution in [0.1, 0.15) is 36.5 Å². The van der Waals surface area contributed by atoms with Gasteiger partial charge in [0, 0.05) is 11.6 Å². The van der Waals surface area contributed by atoms with E-state index in [9.17, 15) is 24.2 Å². The fourth-order valence-corrected chi connectivity index (χ4v) is 3.80. The number of amides is 1. The SMILES string of the molecule is CC1=NN(c2ccc(C)c(C)c2)C(=O)C1=NNc1cc(F)cc(-c2cccc(C(C)C(=O)O)c2)c1O. The van der Waals surface area contributed by atoms with Crippen molar-refractivity contribution in [1.29, 1.82) is 0 Å². The number of phenolic OH excluding ortho intramolecular Hbond substituents is 1. The van der Waals surface area contributed by atoms with Gasteiger partial charge in [-0.2, -0.15) is 15.2 Å². The van der Waals surface area contributed by atoms with Gasteiger partial charge in [0.05, 0.1) is 17.3 Å². The molecule has 0 bridgehead atoms. The lowest BCUT2D eigenvalue weighted by Crippen LogP contribution is -2.28. The van der Waals surface area contributed by atoms with Crippen LogP contribution >= 0.6 is 0 Å². The smallest absolute Gasteiger partial charge is 0.310 e. The van der Waals surface area contributed by atoms with E-state index >= 15 is 0 Å². The highest BCUT2D eigenvalue weighted by Gasteiger charge is 2.31. The first-order valence-corrected chi connectivity index (χ1v) is 11.2. The van der Waals surface area contributed by atoms with E-state index in [-0.39, 0.29) is 22.7 Å². The van der Waals surface area contributed by atoms with Crippen LogP contribution in [0.25, 0.3) is 11.1 Å². The van der Waals surface area contributed by atoms with Crippen LogP contribution in [0.2, 0.25) is 0 Å². The third-order valence-electron chi connectivity index (χ3n) is 6.15. The Balaban J connectivity index is 1.64. The summed E-state index contributed by atoms with van der Waals surface area (Å²) < 4.78 is 14.5. The number of rotatable bonds is 6. The van der Waals surface area contributed by atoms with Gasteiger partial charge < -0.3 is 10.2 Å². The standard InChI is InChI=1S/C27H25FN4O4/c1-14-8-9-21(10-15(14)2)32-26(34)24(17(4)31-32)30-29-23-13-20(28)12-22(25(23)33)19-7-5-6-18(11-19)16(3)27(35)36/h5-13,16,29,33H,1-4H3,(H,35,36). The number of benzene rings is 3. The van der Waals surface area contributed by atoms with Gasteiger partial charge in [-0.05, 0) is 68.1 Å². The molecule has 0 radical (unpaired) electrons. The second kappa shape index (κ2) is 9.61. The average Bonchev–Trinajstić information content (AvgIpc) is 3.13. The molecule has 1 aliphatic rings. The zero-order valence-electron chi connectivity index (χ0n) is 20.2. The maximum Gasteiger partial charge on any atom is 0.310 e. The molecule has 0 fully saturated rings. The van der Waals surface area contributed by atoms with Crippen molar-refractivity contribution in [3.8, 4) is 16.9 Å². The van der Waals surface area contributed by atoms with Crippen LogP contribution in [0.15, 0.2) is 64.8 Å². The summed E-state index contributed by atoms with van der Waals surface area (Å²) in [6.07, 6.45) is 0. The number of carbonyl (C=O) groups excluding carboxylic acids is 1. The van der Waals surface area contributed by atoms with E-state index in [1.807, 2.05) is 26.0 Å². The molecule has 0 spiro atoms. The lowest BCUT2D eigenvalue weighted by molar-refractivity contribution is -0.138. The van der Waals surface area contributed by atoms with E-state index in [4.69, 9.17) is 0 Å². The van der Waals surface area contributed by atoms with Gasteiger partial charge in [0.15, 0.2) is 5.71 Å². The fraction of sp³-hybridized carbons (Fsp3) is 0.185. The molecule has 3 aromatic rings. The normalized spacial score (nSPS) is 15.2. The Morgan fingerprint density at radius 2 is 1.83 bits per heavy atom. The Bertz CT molecular complexity index is 1450. The maximum absolute atomic E-state index is 14.5. The summed E-state index contributed by atoms with van der Waals surface area (Å²) in [7, 11) is 0. The molecule has 3 N–H and O–H groups in total. The van der Waals surface area contributed by atoms with Gasteiger partial charge in [-0.15, -0.1) is 0 Å². The highest BCUT2D eigenvalue weighted by molar-refractivity contribution is 6.71. The topological polar surface area (TPSA) is 115 Å². The van der Waals surface area contributed by atoms with Crippen molar-refractivity contribution in [2.75, 3.05) is 10.4 Å². The number of nitrogens with zero attached hydrogens (tertiary/aromatic N) is 3. The summed E-state index contributed by atoms with van der Waals surface area (Å²) in [6.45, 7) is 7.08. The van der Waals surface area contributed by atoms with E-state index in [1.165, 1.54) is 5.01 Å². The van der Waals surface area contributed by atoms with Crippen molar-refractivity contribution in [2.45, 2.75) is 33.6 Å². The van der Waals surface area contributed by atoms with Crippen molar-refractivity contribution in [3.05, 3.63) is 77.1 Å². The molecule has 4 rings (SSSR count). The predicted octanol–water partition coefficient (Wildman–Crippen LogP) is 5.19. The molecule has 184 valence electrons. The van der Waals surface area contributed by atoms with E-state index in [0.717, 1.165) is 23.3 Å². The average molecular weight is 489 g/mol. The minimum Gasteiger partial charge on any atom is -0.505 e. The first-order valence-electron chi connectivity index (χ1n) is 11.2. The number of carbonyl (C=O) groups is 2. The van der Waals surface area contributed by atoms with Crippen molar-refractivity contribution < 1.29 is 24.2 Å². The molecule has 1 heterocycles. The Morgan fingerprint density at radius 1 is 1.08 bits per heavy atom. The Morgan fingerprint density at radius 3 is 2.53 bits per heavy atom. The number of carboxylic acid groups (broad SMARTS) is 1. The predicted molar refractivity (Wildman–Crippen MR) is 137 cm³/mol. The number of hydrogen-bond acceptors (Lipinski definition) is 6. The van der Waals surface area contributed by atoms with Crippen LogP contribution in [0.4, 0.5) is 15.8 Å². The van der Waals surface area contributed by atoms with Crippen molar-refractivity contribution in [2.24, 2.45) is 10.2 Å². The number of phenols is 1. The molecule has 1 aliphatic heterocycles. The van der Waals surface area contributed by atoms with Crippen molar-refractivity contribution >= 4 is 34.7 Å². The number of carboxylic acids is 1. The minimum atomic E-state index is -0.998. The summed E-state index contributed by atoms with van der Waals surface area (Å²) in [5.74, 6) is -3.19. The van der Waals surface area contributed by atoms with Crippen LogP contribution in [0.3, 0.4) is 0 Å². The molecule has 0 aliphatic carbocycles.